The lowest BCUT2D eigenvalue weighted by atomic mass is 10.0. The van der Waals surface area contributed by atoms with Gasteiger partial charge in [-0.1, -0.05) is 39.0 Å². The minimum atomic E-state index is 0.111. The van der Waals surface area contributed by atoms with Crippen molar-refractivity contribution in [2.24, 2.45) is 0 Å². The molecule has 20 heavy (non-hydrogen) atoms. The summed E-state index contributed by atoms with van der Waals surface area (Å²) in [6.45, 7) is 8.98. The van der Waals surface area contributed by atoms with E-state index in [4.69, 9.17) is 4.74 Å². The largest absolute Gasteiger partial charge is 0.493 e. The Kier molecular flexibility index (Phi) is 7.13. The maximum Gasteiger partial charge on any atom is 0.220 e. The average molecular weight is 277 g/mol. The van der Waals surface area contributed by atoms with Crippen molar-refractivity contribution in [1.29, 1.82) is 0 Å². The van der Waals surface area contributed by atoms with Crippen LogP contribution in [0.15, 0.2) is 24.3 Å². The number of hydrogen-bond donors (Lipinski definition) is 1. The molecule has 0 fully saturated rings. The minimum Gasteiger partial charge on any atom is -0.493 e. The van der Waals surface area contributed by atoms with E-state index in [1.54, 1.807) is 0 Å². The van der Waals surface area contributed by atoms with Gasteiger partial charge in [-0.3, -0.25) is 4.79 Å². The molecule has 1 rings (SSSR count). The van der Waals surface area contributed by atoms with Crippen LogP contribution in [0.2, 0.25) is 0 Å². The van der Waals surface area contributed by atoms with E-state index in [2.05, 4.69) is 32.2 Å². The number of rotatable bonds is 8. The molecular weight excluding hydrogens is 250 g/mol. The summed E-state index contributed by atoms with van der Waals surface area (Å²) in [6, 6.07) is 8.35. The number of nitrogens with one attached hydrogen (secondary N) is 1. The van der Waals surface area contributed by atoms with Gasteiger partial charge in [0.25, 0.3) is 0 Å². The van der Waals surface area contributed by atoms with Gasteiger partial charge in [-0.05, 0) is 37.3 Å². The summed E-state index contributed by atoms with van der Waals surface area (Å²) in [4.78, 5) is 11.6. The summed E-state index contributed by atoms with van der Waals surface area (Å²) >= 11 is 0. The SMILES string of the molecule is CCC(C)NC(=O)CCCOc1ccccc1C(C)C. The van der Waals surface area contributed by atoms with E-state index in [9.17, 15) is 4.79 Å². The first-order valence-corrected chi connectivity index (χ1v) is 7.55. The zero-order valence-corrected chi connectivity index (χ0v) is 13.1. The number of carbonyl (C=O) groups is 1. The average Bonchev–Trinajstić information content (AvgIpc) is 2.43. The molecule has 0 bridgehead atoms. The van der Waals surface area contributed by atoms with Crippen LogP contribution in [0.25, 0.3) is 0 Å². The van der Waals surface area contributed by atoms with Gasteiger partial charge in [-0.15, -0.1) is 0 Å². The Morgan fingerprint density at radius 2 is 1.95 bits per heavy atom. The summed E-state index contributed by atoms with van der Waals surface area (Å²) in [5, 5.41) is 2.96. The molecule has 0 aliphatic rings. The molecular formula is C17H27NO2. The Morgan fingerprint density at radius 1 is 1.25 bits per heavy atom. The number of carbonyl (C=O) groups excluding carboxylic acids is 1. The van der Waals surface area contributed by atoms with E-state index in [1.807, 2.05) is 25.1 Å². The Morgan fingerprint density at radius 3 is 2.60 bits per heavy atom. The lowest BCUT2D eigenvalue weighted by Gasteiger charge is -2.14. The second kappa shape index (κ2) is 8.62. The second-order valence-corrected chi connectivity index (χ2v) is 5.52. The highest BCUT2D eigenvalue weighted by molar-refractivity contribution is 5.76. The first kappa shape index (κ1) is 16.5. The van der Waals surface area contributed by atoms with Crippen molar-refractivity contribution in [3.8, 4) is 5.75 Å². The molecule has 1 unspecified atom stereocenters. The first-order chi connectivity index (χ1) is 9.54. The molecule has 1 aromatic carbocycles. The Bertz CT molecular complexity index is 415. The second-order valence-electron chi connectivity index (χ2n) is 5.52. The van der Waals surface area contributed by atoms with Gasteiger partial charge in [0, 0.05) is 12.5 Å². The van der Waals surface area contributed by atoms with Crippen molar-refractivity contribution in [2.45, 2.75) is 58.9 Å². The van der Waals surface area contributed by atoms with Crippen molar-refractivity contribution in [3.63, 3.8) is 0 Å². The predicted molar refractivity (Wildman–Crippen MR) is 83.2 cm³/mol. The van der Waals surface area contributed by atoms with Crippen LogP contribution in [-0.4, -0.2) is 18.6 Å². The maximum atomic E-state index is 11.6. The Balaban J connectivity index is 2.33. The van der Waals surface area contributed by atoms with Gasteiger partial charge >= 0.3 is 0 Å². The summed E-state index contributed by atoms with van der Waals surface area (Å²) in [7, 11) is 0. The molecule has 1 aromatic rings. The Hall–Kier alpha value is -1.51. The fourth-order valence-corrected chi connectivity index (χ4v) is 1.95. The standard InChI is InChI=1S/C17H27NO2/c1-5-14(4)18-17(19)11-8-12-20-16-10-7-6-9-15(16)13(2)3/h6-7,9-10,13-14H,5,8,11-12H2,1-4H3,(H,18,19). The number of amides is 1. The number of benzene rings is 1. The van der Waals surface area contributed by atoms with Gasteiger partial charge in [0.15, 0.2) is 0 Å². The molecule has 1 N–H and O–H groups in total. The Labute approximate surface area is 122 Å². The molecule has 3 heteroatoms. The molecule has 0 spiro atoms. The van der Waals surface area contributed by atoms with Crippen LogP contribution >= 0.6 is 0 Å². The van der Waals surface area contributed by atoms with E-state index >= 15 is 0 Å². The third kappa shape index (κ3) is 5.64. The topological polar surface area (TPSA) is 38.3 Å². The molecule has 0 saturated carbocycles. The number of para-hydroxylation sites is 1. The van der Waals surface area contributed by atoms with Gasteiger partial charge in [-0.25, -0.2) is 0 Å². The van der Waals surface area contributed by atoms with Gasteiger partial charge in [0.2, 0.25) is 5.91 Å². The van der Waals surface area contributed by atoms with Crippen LogP contribution in [-0.2, 0) is 4.79 Å². The van der Waals surface area contributed by atoms with E-state index in [0.717, 1.165) is 18.6 Å². The van der Waals surface area contributed by atoms with Crippen molar-refractivity contribution in [2.75, 3.05) is 6.61 Å². The zero-order chi connectivity index (χ0) is 15.0. The molecule has 0 aliphatic carbocycles. The molecule has 0 radical (unpaired) electrons. The van der Waals surface area contributed by atoms with Gasteiger partial charge in [0.1, 0.15) is 5.75 Å². The van der Waals surface area contributed by atoms with Crippen LogP contribution < -0.4 is 10.1 Å². The van der Waals surface area contributed by atoms with E-state index in [0.29, 0.717) is 18.9 Å². The van der Waals surface area contributed by atoms with Gasteiger partial charge < -0.3 is 10.1 Å². The monoisotopic (exact) mass is 277 g/mol. The highest BCUT2D eigenvalue weighted by atomic mass is 16.5. The summed E-state index contributed by atoms with van der Waals surface area (Å²) in [6.07, 6.45) is 2.23. The van der Waals surface area contributed by atoms with E-state index in [-0.39, 0.29) is 11.9 Å². The van der Waals surface area contributed by atoms with Crippen LogP contribution in [0.1, 0.15) is 58.4 Å². The van der Waals surface area contributed by atoms with Crippen molar-refractivity contribution >= 4 is 5.91 Å². The number of hydrogen-bond acceptors (Lipinski definition) is 2. The highest BCUT2D eigenvalue weighted by Crippen LogP contribution is 2.25. The molecule has 3 nitrogen and oxygen atoms in total. The molecule has 0 heterocycles. The third-order valence-electron chi connectivity index (χ3n) is 3.37. The predicted octanol–water partition coefficient (Wildman–Crippen LogP) is 3.88. The van der Waals surface area contributed by atoms with Crippen molar-refractivity contribution < 1.29 is 9.53 Å². The zero-order valence-electron chi connectivity index (χ0n) is 13.1. The third-order valence-corrected chi connectivity index (χ3v) is 3.37. The van der Waals surface area contributed by atoms with Crippen LogP contribution in [0.5, 0.6) is 5.75 Å². The first-order valence-electron chi connectivity index (χ1n) is 7.55. The molecule has 0 saturated heterocycles. The summed E-state index contributed by atoms with van der Waals surface area (Å²) < 4.78 is 5.80. The lowest BCUT2D eigenvalue weighted by Crippen LogP contribution is -2.31. The lowest BCUT2D eigenvalue weighted by molar-refractivity contribution is -0.121. The fraction of sp³-hybridized carbons (Fsp3) is 0.588. The van der Waals surface area contributed by atoms with Crippen LogP contribution in [0.4, 0.5) is 0 Å². The van der Waals surface area contributed by atoms with Gasteiger partial charge in [0.05, 0.1) is 6.61 Å². The molecule has 0 aliphatic heterocycles. The molecule has 1 atom stereocenters. The normalized spacial score (nSPS) is 12.2. The fourth-order valence-electron chi connectivity index (χ4n) is 1.95. The van der Waals surface area contributed by atoms with Crippen LogP contribution in [0.3, 0.4) is 0 Å². The summed E-state index contributed by atoms with van der Waals surface area (Å²) in [5.41, 5.74) is 1.22. The maximum absolute atomic E-state index is 11.6. The van der Waals surface area contributed by atoms with E-state index in [1.165, 1.54) is 5.56 Å². The quantitative estimate of drug-likeness (QED) is 0.732. The summed E-state index contributed by atoms with van der Waals surface area (Å²) in [5.74, 6) is 1.49. The van der Waals surface area contributed by atoms with Crippen molar-refractivity contribution in [3.05, 3.63) is 29.8 Å². The van der Waals surface area contributed by atoms with Gasteiger partial charge in [-0.2, -0.15) is 0 Å². The highest BCUT2D eigenvalue weighted by Gasteiger charge is 2.08. The molecule has 0 aromatic heterocycles. The molecule has 1 amide bonds. The van der Waals surface area contributed by atoms with E-state index < -0.39 is 0 Å². The minimum absolute atomic E-state index is 0.111. The molecule has 112 valence electrons. The smallest absolute Gasteiger partial charge is 0.220 e. The van der Waals surface area contributed by atoms with Crippen molar-refractivity contribution in [1.82, 2.24) is 5.32 Å². The number of ether oxygens (including phenoxy) is 1. The van der Waals surface area contributed by atoms with Crippen LogP contribution in [0, 0.1) is 0 Å².